The standard InChI is InChI=1S/C17H15F2NO/c1-12-4-6-15(18)10-14(12)11-21-17-9-13(3-2-8-20)5-7-16(17)19/h4-7,9-10H,8,11,20H2,1H3. The highest BCUT2D eigenvalue weighted by Gasteiger charge is 2.06. The normalized spacial score (nSPS) is 9.90. The summed E-state index contributed by atoms with van der Waals surface area (Å²) >= 11 is 0. The van der Waals surface area contributed by atoms with E-state index < -0.39 is 5.82 Å². The molecular weight excluding hydrogens is 272 g/mol. The second-order valence-corrected chi connectivity index (χ2v) is 4.51. The monoisotopic (exact) mass is 287 g/mol. The molecule has 0 bridgehead atoms. The van der Waals surface area contributed by atoms with Gasteiger partial charge in [0.05, 0.1) is 6.54 Å². The molecule has 2 nitrogen and oxygen atoms in total. The second kappa shape index (κ2) is 6.87. The number of aryl methyl sites for hydroxylation is 1. The van der Waals surface area contributed by atoms with Gasteiger partial charge in [0.15, 0.2) is 11.6 Å². The number of rotatable bonds is 3. The lowest BCUT2D eigenvalue weighted by atomic mass is 10.1. The molecule has 0 amide bonds. The molecule has 0 saturated heterocycles. The molecule has 0 fully saturated rings. The van der Waals surface area contributed by atoms with Gasteiger partial charge in [-0.25, -0.2) is 8.78 Å². The van der Waals surface area contributed by atoms with E-state index in [1.165, 1.54) is 24.3 Å². The average Bonchev–Trinajstić information content (AvgIpc) is 2.48. The number of hydrogen-bond donors (Lipinski definition) is 1. The molecule has 2 aromatic carbocycles. The van der Waals surface area contributed by atoms with Crippen molar-refractivity contribution in [1.29, 1.82) is 0 Å². The molecule has 0 radical (unpaired) electrons. The summed E-state index contributed by atoms with van der Waals surface area (Å²) in [6, 6.07) is 8.76. The molecule has 0 heterocycles. The predicted molar refractivity (Wildman–Crippen MR) is 77.8 cm³/mol. The molecule has 4 heteroatoms. The first-order valence-electron chi connectivity index (χ1n) is 6.46. The van der Waals surface area contributed by atoms with Gasteiger partial charge in [-0.15, -0.1) is 0 Å². The predicted octanol–water partition coefficient (Wildman–Crippen LogP) is 3.16. The Labute approximate surface area is 122 Å². The Balaban J connectivity index is 2.17. The van der Waals surface area contributed by atoms with Crippen molar-refractivity contribution < 1.29 is 13.5 Å². The fourth-order valence-electron chi connectivity index (χ4n) is 1.80. The Bertz CT molecular complexity index is 702. The molecule has 0 atom stereocenters. The SMILES string of the molecule is Cc1ccc(F)cc1COc1cc(C#CCN)ccc1F. The maximum Gasteiger partial charge on any atom is 0.165 e. The maximum absolute atomic E-state index is 13.7. The highest BCUT2D eigenvalue weighted by atomic mass is 19.1. The molecule has 0 saturated carbocycles. The zero-order chi connectivity index (χ0) is 15.2. The Morgan fingerprint density at radius 3 is 2.71 bits per heavy atom. The number of halogens is 2. The van der Waals surface area contributed by atoms with Crippen LogP contribution in [0.25, 0.3) is 0 Å². The Hall–Kier alpha value is -2.38. The molecule has 0 unspecified atom stereocenters. The van der Waals surface area contributed by atoms with E-state index in [0.717, 1.165) is 5.56 Å². The van der Waals surface area contributed by atoms with E-state index in [9.17, 15) is 8.78 Å². The van der Waals surface area contributed by atoms with Crippen molar-refractivity contribution >= 4 is 0 Å². The first-order valence-corrected chi connectivity index (χ1v) is 6.46. The Kier molecular flexibility index (Phi) is 4.91. The van der Waals surface area contributed by atoms with Gasteiger partial charge in [0.25, 0.3) is 0 Å². The summed E-state index contributed by atoms with van der Waals surface area (Å²) in [5, 5.41) is 0. The van der Waals surface area contributed by atoms with Gasteiger partial charge < -0.3 is 10.5 Å². The molecule has 108 valence electrons. The van der Waals surface area contributed by atoms with Crippen molar-refractivity contribution in [2.24, 2.45) is 5.73 Å². The van der Waals surface area contributed by atoms with Crippen LogP contribution in [0.1, 0.15) is 16.7 Å². The van der Waals surface area contributed by atoms with Gasteiger partial charge >= 0.3 is 0 Å². The highest BCUT2D eigenvalue weighted by Crippen LogP contribution is 2.21. The van der Waals surface area contributed by atoms with Gasteiger partial charge in [-0.05, 0) is 48.4 Å². The highest BCUT2D eigenvalue weighted by molar-refractivity contribution is 5.41. The van der Waals surface area contributed by atoms with Crippen LogP contribution < -0.4 is 10.5 Å². The molecule has 2 N–H and O–H groups in total. The van der Waals surface area contributed by atoms with Crippen molar-refractivity contribution in [3.05, 3.63) is 64.7 Å². The minimum atomic E-state index is -0.484. The lowest BCUT2D eigenvalue weighted by molar-refractivity contribution is 0.289. The van der Waals surface area contributed by atoms with E-state index in [1.807, 2.05) is 6.92 Å². The van der Waals surface area contributed by atoms with Crippen LogP contribution in [0.4, 0.5) is 8.78 Å². The van der Waals surface area contributed by atoms with E-state index in [1.54, 1.807) is 12.1 Å². The van der Waals surface area contributed by atoms with E-state index in [0.29, 0.717) is 11.1 Å². The third-order valence-corrected chi connectivity index (χ3v) is 2.96. The smallest absolute Gasteiger partial charge is 0.165 e. The average molecular weight is 287 g/mol. The molecule has 0 aliphatic carbocycles. The van der Waals surface area contributed by atoms with Crippen LogP contribution in [0, 0.1) is 30.4 Å². The van der Waals surface area contributed by atoms with E-state index >= 15 is 0 Å². The lowest BCUT2D eigenvalue weighted by Gasteiger charge is -2.10. The minimum absolute atomic E-state index is 0.0856. The molecule has 0 aliphatic heterocycles. The molecule has 2 aromatic rings. The van der Waals surface area contributed by atoms with Gasteiger partial charge in [0.1, 0.15) is 12.4 Å². The first-order chi connectivity index (χ1) is 10.1. The van der Waals surface area contributed by atoms with Gasteiger partial charge in [0.2, 0.25) is 0 Å². The Morgan fingerprint density at radius 1 is 1.14 bits per heavy atom. The quantitative estimate of drug-likeness (QED) is 0.880. The summed E-state index contributed by atoms with van der Waals surface area (Å²) in [4.78, 5) is 0. The van der Waals surface area contributed by atoms with Crippen LogP contribution in [-0.4, -0.2) is 6.54 Å². The van der Waals surface area contributed by atoms with Gasteiger partial charge in [-0.3, -0.25) is 0 Å². The van der Waals surface area contributed by atoms with Crippen LogP contribution >= 0.6 is 0 Å². The maximum atomic E-state index is 13.7. The molecule has 0 spiro atoms. The van der Waals surface area contributed by atoms with Crippen molar-refractivity contribution in [2.75, 3.05) is 6.54 Å². The van der Waals surface area contributed by atoms with E-state index in [2.05, 4.69) is 11.8 Å². The lowest BCUT2D eigenvalue weighted by Crippen LogP contribution is -2.00. The topological polar surface area (TPSA) is 35.2 Å². The fourth-order valence-corrected chi connectivity index (χ4v) is 1.80. The molecule has 2 rings (SSSR count). The summed E-state index contributed by atoms with van der Waals surface area (Å²) in [7, 11) is 0. The summed E-state index contributed by atoms with van der Waals surface area (Å²) in [6.07, 6.45) is 0. The second-order valence-electron chi connectivity index (χ2n) is 4.51. The summed E-state index contributed by atoms with van der Waals surface area (Å²) in [5.74, 6) is 4.76. The van der Waals surface area contributed by atoms with E-state index in [4.69, 9.17) is 10.5 Å². The van der Waals surface area contributed by atoms with Crippen molar-refractivity contribution in [3.8, 4) is 17.6 Å². The van der Waals surface area contributed by atoms with Gasteiger partial charge in [-0.2, -0.15) is 0 Å². The fraction of sp³-hybridized carbons (Fsp3) is 0.176. The van der Waals surface area contributed by atoms with Crippen LogP contribution in [0.3, 0.4) is 0 Å². The molecular formula is C17H15F2NO. The third kappa shape index (κ3) is 4.04. The molecule has 0 aliphatic rings. The molecule has 0 aromatic heterocycles. The zero-order valence-corrected chi connectivity index (χ0v) is 11.6. The molecule has 21 heavy (non-hydrogen) atoms. The number of hydrogen-bond acceptors (Lipinski definition) is 2. The van der Waals surface area contributed by atoms with Gasteiger partial charge in [0, 0.05) is 5.56 Å². The van der Waals surface area contributed by atoms with Crippen molar-refractivity contribution in [3.63, 3.8) is 0 Å². The van der Waals surface area contributed by atoms with Crippen LogP contribution in [0.5, 0.6) is 5.75 Å². The van der Waals surface area contributed by atoms with Crippen LogP contribution in [0.2, 0.25) is 0 Å². The summed E-state index contributed by atoms with van der Waals surface area (Å²) in [6.45, 7) is 2.17. The first kappa shape index (κ1) is 15.0. The van der Waals surface area contributed by atoms with Crippen molar-refractivity contribution in [2.45, 2.75) is 13.5 Å². The van der Waals surface area contributed by atoms with E-state index in [-0.39, 0.29) is 24.7 Å². The number of benzene rings is 2. The minimum Gasteiger partial charge on any atom is -0.486 e. The zero-order valence-electron chi connectivity index (χ0n) is 11.6. The Morgan fingerprint density at radius 2 is 1.95 bits per heavy atom. The number of ether oxygens (including phenoxy) is 1. The van der Waals surface area contributed by atoms with Gasteiger partial charge in [-0.1, -0.05) is 17.9 Å². The number of nitrogens with two attached hydrogens (primary N) is 1. The van der Waals surface area contributed by atoms with Crippen LogP contribution in [-0.2, 0) is 6.61 Å². The van der Waals surface area contributed by atoms with Crippen molar-refractivity contribution in [1.82, 2.24) is 0 Å². The summed E-state index contributed by atoms with van der Waals surface area (Å²) in [5.41, 5.74) is 7.47. The summed E-state index contributed by atoms with van der Waals surface area (Å²) < 4.78 is 32.3. The largest absolute Gasteiger partial charge is 0.486 e. The third-order valence-electron chi connectivity index (χ3n) is 2.96. The van der Waals surface area contributed by atoms with Crippen LogP contribution in [0.15, 0.2) is 36.4 Å².